The molecule has 1 heterocycles. The Balaban J connectivity index is 2.70. The number of thiophene rings is 1. The number of carbonyl (C=O) groups is 1. The molecule has 5 heteroatoms. The molecule has 1 rings (SSSR count). The molecule has 0 saturated heterocycles. The molecule has 3 N–H and O–H groups in total. The van der Waals surface area contributed by atoms with E-state index in [2.05, 4.69) is 17.2 Å². The number of ether oxygens (including phenoxy) is 1. The first-order valence-electron chi connectivity index (χ1n) is 5.59. The smallest absolute Gasteiger partial charge is 0.261 e. The second kappa shape index (κ2) is 6.55. The Morgan fingerprint density at radius 1 is 1.56 bits per heavy atom. The molecule has 0 bridgehead atoms. The van der Waals surface area contributed by atoms with Crippen molar-refractivity contribution in [2.75, 3.05) is 20.3 Å². The predicted octanol–water partition coefficient (Wildman–Crippen LogP) is 1.21. The normalized spacial score (nSPS) is 10.7. The van der Waals surface area contributed by atoms with Crippen LogP contribution >= 0.6 is 11.3 Å². The van der Waals surface area contributed by atoms with Crippen LogP contribution < -0.4 is 11.1 Å². The van der Waals surface area contributed by atoms with Crippen molar-refractivity contribution >= 4 is 17.2 Å². The average molecular weight is 266 g/mol. The third-order valence-electron chi connectivity index (χ3n) is 2.10. The Labute approximate surface area is 112 Å². The summed E-state index contributed by atoms with van der Waals surface area (Å²) < 4.78 is 5.05. The van der Waals surface area contributed by atoms with Gasteiger partial charge in [-0.2, -0.15) is 0 Å². The monoisotopic (exact) mass is 266 g/mol. The van der Waals surface area contributed by atoms with Gasteiger partial charge in [-0.1, -0.05) is 11.8 Å². The highest BCUT2D eigenvalue weighted by Crippen LogP contribution is 2.16. The van der Waals surface area contributed by atoms with E-state index in [9.17, 15) is 4.79 Å². The number of rotatable bonds is 4. The highest BCUT2D eigenvalue weighted by atomic mass is 32.1. The molecule has 0 saturated carbocycles. The molecule has 0 spiro atoms. The van der Waals surface area contributed by atoms with Crippen molar-refractivity contribution in [2.45, 2.75) is 19.4 Å². The van der Waals surface area contributed by atoms with E-state index in [4.69, 9.17) is 10.5 Å². The number of carbonyl (C=O) groups excluding carboxylic acids is 1. The minimum absolute atomic E-state index is 0.108. The molecular formula is C13H18N2O2S. The lowest BCUT2D eigenvalue weighted by atomic mass is 10.1. The molecular weight excluding hydrogens is 248 g/mol. The summed E-state index contributed by atoms with van der Waals surface area (Å²) in [6.07, 6.45) is 0. The van der Waals surface area contributed by atoms with Gasteiger partial charge in [0.1, 0.15) is 0 Å². The Morgan fingerprint density at radius 2 is 2.28 bits per heavy atom. The molecule has 0 atom stereocenters. The maximum atomic E-state index is 12.0. The molecule has 1 amide bonds. The molecule has 0 aliphatic heterocycles. The number of nitrogens with two attached hydrogens (primary N) is 1. The molecule has 98 valence electrons. The van der Waals surface area contributed by atoms with Gasteiger partial charge in [0.2, 0.25) is 0 Å². The Morgan fingerprint density at radius 3 is 2.89 bits per heavy atom. The lowest BCUT2D eigenvalue weighted by Gasteiger charge is -2.24. The predicted molar refractivity (Wildman–Crippen MR) is 73.7 cm³/mol. The van der Waals surface area contributed by atoms with Crippen LogP contribution in [0.3, 0.4) is 0 Å². The van der Waals surface area contributed by atoms with Gasteiger partial charge < -0.3 is 15.8 Å². The molecule has 0 aliphatic rings. The number of amides is 1. The molecule has 0 aromatic carbocycles. The summed E-state index contributed by atoms with van der Waals surface area (Å²) in [4.78, 5) is 13.5. The van der Waals surface area contributed by atoms with Crippen molar-refractivity contribution in [2.24, 2.45) is 5.73 Å². The lowest BCUT2D eigenvalue weighted by molar-refractivity contribution is 0.0824. The van der Waals surface area contributed by atoms with Crippen molar-refractivity contribution in [3.8, 4) is 11.8 Å². The van der Waals surface area contributed by atoms with Crippen molar-refractivity contribution in [3.63, 3.8) is 0 Å². The fourth-order valence-electron chi connectivity index (χ4n) is 1.43. The summed E-state index contributed by atoms with van der Waals surface area (Å²) in [6.45, 7) is 4.61. The van der Waals surface area contributed by atoms with E-state index in [1.54, 1.807) is 13.2 Å². The van der Waals surface area contributed by atoms with Gasteiger partial charge in [-0.25, -0.2) is 0 Å². The molecule has 1 aromatic heterocycles. The largest absolute Gasteiger partial charge is 0.382 e. The van der Waals surface area contributed by atoms with Gasteiger partial charge in [0.25, 0.3) is 5.91 Å². The van der Waals surface area contributed by atoms with Crippen LogP contribution in [0, 0.1) is 11.8 Å². The summed E-state index contributed by atoms with van der Waals surface area (Å²) in [5.74, 6) is 5.56. The zero-order chi connectivity index (χ0) is 13.6. The Hall–Kier alpha value is -1.35. The van der Waals surface area contributed by atoms with Crippen LogP contribution in [0.4, 0.5) is 0 Å². The molecule has 0 unspecified atom stereocenters. The van der Waals surface area contributed by atoms with E-state index in [0.717, 1.165) is 4.88 Å². The van der Waals surface area contributed by atoms with Gasteiger partial charge in [0.05, 0.1) is 28.4 Å². The first-order chi connectivity index (χ1) is 8.48. The van der Waals surface area contributed by atoms with E-state index < -0.39 is 0 Å². The number of methoxy groups -OCH3 is 1. The van der Waals surface area contributed by atoms with Crippen molar-refractivity contribution in [1.82, 2.24) is 5.32 Å². The maximum absolute atomic E-state index is 12.0. The summed E-state index contributed by atoms with van der Waals surface area (Å²) in [7, 11) is 1.61. The van der Waals surface area contributed by atoms with Gasteiger partial charge >= 0.3 is 0 Å². The van der Waals surface area contributed by atoms with Crippen LogP contribution in [0.15, 0.2) is 12.1 Å². The van der Waals surface area contributed by atoms with E-state index >= 15 is 0 Å². The minimum Gasteiger partial charge on any atom is -0.382 e. The zero-order valence-electron chi connectivity index (χ0n) is 10.9. The van der Waals surface area contributed by atoms with Crippen molar-refractivity contribution in [1.29, 1.82) is 0 Å². The van der Waals surface area contributed by atoms with E-state index in [-0.39, 0.29) is 11.4 Å². The van der Waals surface area contributed by atoms with E-state index in [0.29, 0.717) is 18.0 Å². The van der Waals surface area contributed by atoms with E-state index in [1.165, 1.54) is 11.3 Å². The van der Waals surface area contributed by atoms with Crippen LogP contribution in [0.5, 0.6) is 0 Å². The summed E-state index contributed by atoms with van der Waals surface area (Å²) in [6, 6.07) is 3.59. The highest BCUT2D eigenvalue weighted by molar-refractivity contribution is 7.14. The fraction of sp³-hybridized carbons (Fsp3) is 0.462. The quantitative estimate of drug-likeness (QED) is 0.805. The Bertz CT molecular complexity index is 469. The standard InChI is InChI=1S/C13H18N2O2S/c1-13(2,9-17-3)15-12(16)11-7-6-10(18-11)5-4-8-14/h6-7H,8-9,14H2,1-3H3,(H,15,16). The zero-order valence-corrected chi connectivity index (χ0v) is 11.7. The van der Waals surface area contributed by atoms with E-state index in [1.807, 2.05) is 19.9 Å². The van der Waals surface area contributed by atoms with Crippen molar-refractivity contribution < 1.29 is 9.53 Å². The molecule has 4 nitrogen and oxygen atoms in total. The number of hydrogen-bond donors (Lipinski definition) is 2. The van der Waals surface area contributed by atoms with Gasteiger partial charge in [-0.05, 0) is 26.0 Å². The van der Waals surface area contributed by atoms with Crippen LogP contribution in [-0.4, -0.2) is 31.7 Å². The maximum Gasteiger partial charge on any atom is 0.261 e. The second-order valence-electron chi connectivity index (χ2n) is 4.44. The second-order valence-corrected chi connectivity index (χ2v) is 5.52. The average Bonchev–Trinajstić information content (AvgIpc) is 2.74. The summed E-state index contributed by atoms with van der Waals surface area (Å²) >= 11 is 1.36. The first kappa shape index (κ1) is 14.7. The minimum atomic E-state index is -0.390. The van der Waals surface area contributed by atoms with Crippen LogP contribution in [-0.2, 0) is 4.74 Å². The summed E-state index contributed by atoms with van der Waals surface area (Å²) in [5.41, 5.74) is 4.91. The molecule has 0 fully saturated rings. The van der Waals surface area contributed by atoms with Crippen LogP contribution in [0.2, 0.25) is 0 Å². The highest BCUT2D eigenvalue weighted by Gasteiger charge is 2.21. The lowest BCUT2D eigenvalue weighted by Crippen LogP contribution is -2.46. The SMILES string of the molecule is COCC(C)(C)NC(=O)c1ccc(C#CCN)s1. The van der Waals surface area contributed by atoms with Crippen LogP contribution in [0.1, 0.15) is 28.4 Å². The van der Waals surface area contributed by atoms with Crippen LogP contribution in [0.25, 0.3) is 0 Å². The fourth-order valence-corrected chi connectivity index (χ4v) is 2.21. The van der Waals surface area contributed by atoms with Gasteiger partial charge in [0.15, 0.2) is 0 Å². The van der Waals surface area contributed by atoms with Gasteiger partial charge in [-0.3, -0.25) is 4.79 Å². The summed E-state index contributed by atoms with van der Waals surface area (Å²) in [5, 5.41) is 2.92. The molecule has 0 radical (unpaired) electrons. The number of hydrogen-bond acceptors (Lipinski definition) is 4. The first-order valence-corrected chi connectivity index (χ1v) is 6.40. The molecule has 0 aliphatic carbocycles. The van der Waals surface area contributed by atoms with Crippen molar-refractivity contribution in [3.05, 3.63) is 21.9 Å². The third-order valence-corrected chi connectivity index (χ3v) is 3.10. The third kappa shape index (κ3) is 4.49. The topological polar surface area (TPSA) is 64.3 Å². The van der Waals surface area contributed by atoms with Gasteiger partial charge in [-0.15, -0.1) is 11.3 Å². The molecule has 18 heavy (non-hydrogen) atoms. The van der Waals surface area contributed by atoms with Gasteiger partial charge in [0, 0.05) is 7.11 Å². The Kier molecular flexibility index (Phi) is 5.35. The number of nitrogens with one attached hydrogen (secondary N) is 1. The molecule has 1 aromatic rings.